The Hall–Kier alpha value is -2.21. The van der Waals surface area contributed by atoms with Crippen LogP contribution >= 0.6 is 0 Å². The number of aryl methyl sites for hydroxylation is 1. The zero-order valence-electron chi connectivity index (χ0n) is 15.2. The number of carbonyl (C=O) groups excluding carboxylic acids is 1. The lowest BCUT2D eigenvalue weighted by Crippen LogP contribution is -2.43. The summed E-state index contributed by atoms with van der Waals surface area (Å²) >= 11 is 0. The number of pyridine rings is 1. The summed E-state index contributed by atoms with van der Waals surface area (Å²) in [6, 6.07) is 5.82. The van der Waals surface area contributed by atoms with Gasteiger partial charge in [0.05, 0.1) is 18.4 Å². The van der Waals surface area contributed by atoms with Gasteiger partial charge < -0.3 is 9.64 Å². The molecule has 6 nitrogen and oxygen atoms in total. The SMILES string of the molecule is CC(C)c1cc(C(=O)N2CCC[C@H](OCc3cccnc3)C2)n(C)n1. The first-order chi connectivity index (χ1) is 12.0. The molecule has 6 heteroatoms. The Labute approximate surface area is 148 Å². The van der Waals surface area contributed by atoms with Gasteiger partial charge in [0.15, 0.2) is 0 Å². The maximum Gasteiger partial charge on any atom is 0.272 e. The first-order valence-electron chi connectivity index (χ1n) is 8.88. The van der Waals surface area contributed by atoms with Crippen molar-refractivity contribution in [1.29, 1.82) is 0 Å². The highest BCUT2D eigenvalue weighted by molar-refractivity contribution is 5.92. The van der Waals surface area contributed by atoms with Gasteiger partial charge in [0.2, 0.25) is 0 Å². The molecule has 0 N–H and O–H groups in total. The van der Waals surface area contributed by atoms with Gasteiger partial charge in [-0.15, -0.1) is 0 Å². The van der Waals surface area contributed by atoms with Crippen molar-refractivity contribution in [2.45, 2.75) is 45.3 Å². The molecule has 1 fully saturated rings. The third kappa shape index (κ3) is 4.25. The quantitative estimate of drug-likeness (QED) is 0.838. The van der Waals surface area contributed by atoms with Crippen molar-refractivity contribution in [2.75, 3.05) is 13.1 Å². The van der Waals surface area contributed by atoms with Gasteiger partial charge in [0, 0.05) is 32.5 Å². The molecule has 3 rings (SSSR count). The van der Waals surface area contributed by atoms with Crippen molar-refractivity contribution in [1.82, 2.24) is 19.7 Å². The minimum atomic E-state index is 0.0385. The third-order valence-electron chi connectivity index (χ3n) is 4.58. The van der Waals surface area contributed by atoms with Gasteiger partial charge in [-0.25, -0.2) is 0 Å². The monoisotopic (exact) mass is 342 g/mol. The molecule has 0 unspecified atom stereocenters. The average Bonchev–Trinajstić information content (AvgIpc) is 3.02. The highest BCUT2D eigenvalue weighted by Crippen LogP contribution is 2.19. The van der Waals surface area contributed by atoms with Crippen LogP contribution in [-0.4, -0.2) is 44.8 Å². The molecule has 0 bridgehead atoms. The van der Waals surface area contributed by atoms with E-state index in [1.807, 2.05) is 36.3 Å². The largest absolute Gasteiger partial charge is 0.372 e. The molecule has 1 saturated heterocycles. The van der Waals surface area contributed by atoms with Crippen LogP contribution in [0.4, 0.5) is 0 Å². The van der Waals surface area contributed by atoms with E-state index in [0.29, 0.717) is 24.8 Å². The summed E-state index contributed by atoms with van der Waals surface area (Å²) in [5.74, 6) is 0.348. The molecule has 3 heterocycles. The van der Waals surface area contributed by atoms with E-state index in [9.17, 15) is 4.79 Å². The van der Waals surface area contributed by atoms with E-state index in [-0.39, 0.29) is 12.0 Å². The van der Waals surface area contributed by atoms with E-state index in [1.54, 1.807) is 10.9 Å². The number of hydrogen-bond acceptors (Lipinski definition) is 4. The predicted molar refractivity (Wildman–Crippen MR) is 95.2 cm³/mol. The minimum Gasteiger partial charge on any atom is -0.372 e. The number of piperidine rings is 1. The van der Waals surface area contributed by atoms with Crippen LogP contribution in [-0.2, 0) is 18.4 Å². The molecular formula is C19H26N4O2. The normalized spacial score (nSPS) is 17.9. The maximum atomic E-state index is 12.9. The fourth-order valence-corrected chi connectivity index (χ4v) is 3.09. The first-order valence-corrected chi connectivity index (χ1v) is 8.88. The van der Waals surface area contributed by atoms with Crippen molar-refractivity contribution in [3.8, 4) is 0 Å². The second kappa shape index (κ2) is 7.78. The zero-order chi connectivity index (χ0) is 17.8. The Morgan fingerprint density at radius 2 is 2.28 bits per heavy atom. The number of nitrogens with zero attached hydrogens (tertiary/aromatic N) is 4. The Kier molecular flexibility index (Phi) is 5.48. The Balaban J connectivity index is 1.61. The van der Waals surface area contributed by atoms with E-state index in [1.165, 1.54) is 0 Å². The highest BCUT2D eigenvalue weighted by Gasteiger charge is 2.27. The van der Waals surface area contributed by atoms with E-state index in [0.717, 1.165) is 30.6 Å². The lowest BCUT2D eigenvalue weighted by molar-refractivity contribution is -0.00710. The number of ether oxygens (including phenoxy) is 1. The second-order valence-electron chi connectivity index (χ2n) is 6.92. The van der Waals surface area contributed by atoms with Crippen molar-refractivity contribution in [3.63, 3.8) is 0 Å². The number of hydrogen-bond donors (Lipinski definition) is 0. The van der Waals surface area contributed by atoms with Crippen LogP contribution in [0.5, 0.6) is 0 Å². The number of amides is 1. The predicted octanol–water partition coefficient (Wildman–Crippen LogP) is 2.76. The summed E-state index contributed by atoms with van der Waals surface area (Å²) in [7, 11) is 1.83. The van der Waals surface area contributed by atoms with E-state index in [4.69, 9.17) is 4.74 Å². The summed E-state index contributed by atoms with van der Waals surface area (Å²) in [6.07, 6.45) is 5.57. The van der Waals surface area contributed by atoms with E-state index >= 15 is 0 Å². The number of rotatable bonds is 5. The summed E-state index contributed by atoms with van der Waals surface area (Å²) in [5, 5.41) is 4.45. The second-order valence-corrected chi connectivity index (χ2v) is 6.92. The lowest BCUT2D eigenvalue weighted by Gasteiger charge is -2.32. The highest BCUT2D eigenvalue weighted by atomic mass is 16.5. The van der Waals surface area contributed by atoms with Gasteiger partial charge in [0.1, 0.15) is 5.69 Å². The molecule has 0 spiro atoms. The molecule has 134 valence electrons. The van der Waals surface area contributed by atoms with Gasteiger partial charge >= 0.3 is 0 Å². The summed E-state index contributed by atoms with van der Waals surface area (Å²) in [4.78, 5) is 18.9. The maximum absolute atomic E-state index is 12.9. The van der Waals surface area contributed by atoms with Gasteiger partial charge in [-0.1, -0.05) is 19.9 Å². The van der Waals surface area contributed by atoms with Crippen molar-refractivity contribution >= 4 is 5.91 Å². The molecule has 2 aromatic rings. The Bertz CT molecular complexity index is 711. The average molecular weight is 342 g/mol. The van der Waals surface area contributed by atoms with Crippen molar-refractivity contribution < 1.29 is 9.53 Å². The van der Waals surface area contributed by atoms with Crippen LogP contribution in [0.3, 0.4) is 0 Å². The summed E-state index contributed by atoms with van der Waals surface area (Å²) in [6.45, 7) is 6.10. The minimum absolute atomic E-state index is 0.0385. The van der Waals surface area contributed by atoms with Crippen molar-refractivity contribution in [2.24, 2.45) is 7.05 Å². The summed E-state index contributed by atoms with van der Waals surface area (Å²) in [5.41, 5.74) is 2.66. The van der Waals surface area contributed by atoms with Crippen LogP contribution in [0.15, 0.2) is 30.6 Å². The molecule has 25 heavy (non-hydrogen) atoms. The Morgan fingerprint density at radius 3 is 2.96 bits per heavy atom. The van der Waals surface area contributed by atoms with Gasteiger partial charge in [-0.2, -0.15) is 5.10 Å². The van der Waals surface area contributed by atoms with Crippen LogP contribution in [0, 0.1) is 0 Å². The number of aromatic nitrogens is 3. The standard InChI is InChI=1S/C19H26N4O2/c1-14(2)17-10-18(22(3)21-17)19(24)23-9-5-7-16(12-23)25-13-15-6-4-8-20-11-15/h4,6,8,10-11,14,16H,5,7,9,12-13H2,1-3H3/t16-/m0/s1. The summed E-state index contributed by atoms with van der Waals surface area (Å²) < 4.78 is 7.69. The zero-order valence-corrected chi connectivity index (χ0v) is 15.2. The lowest BCUT2D eigenvalue weighted by atomic mass is 10.1. The first kappa shape index (κ1) is 17.6. The molecule has 2 aromatic heterocycles. The molecule has 0 aliphatic carbocycles. The third-order valence-corrected chi connectivity index (χ3v) is 4.58. The van der Waals surface area contributed by atoms with E-state index < -0.39 is 0 Å². The molecule has 0 saturated carbocycles. The molecule has 1 aliphatic rings. The van der Waals surface area contributed by atoms with Gasteiger partial charge in [-0.3, -0.25) is 14.5 Å². The topological polar surface area (TPSA) is 60.3 Å². The molecule has 1 aliphatic heterocycles. The molecule has 0 aromatic carbocycles. The number of carbonyl (C=O) groups is 1. The molecular weight excluding hydrogens is 316 g/mol. The van der Waals surface area contributed by atoms with Crippen LogP contribution in [0.2, 0.25) is 0 Å². The van der Waals surface area contributed by atoms with E-state index in [2.05, 4.69) is 23.9 Å². The molecule has 1 atom stereocenters. The van der Waals surface area contributed by atoms with Crippen LogP contribution in [0.25, 0.3) is 0 Å². The van der Waals surface area contributed by atoms with Crippen LogP contribution in [0.1, 0.15) is 54.4 Å². The number of likely N-dealkylation sites (tertiary alicyclic amines) is 1. The molecule has 0 radical (unpaired) electrons. The Morgan fingerprint density at radius 1 is 1.44 bits per heavy atom. The fourth-order valence-electron chi connectivity index (χ4n) is 3.09. The van der Waals surface area contributed by atoms with Crippen LogP contribution < -0.4 is 0 Å². The van der Waals surface area contributed by atoms with Gasteiger partial charge in [-0.05, 0) is 36.5 Å². The van der Waals surface area contributed by atoms with Crippen molar-refractivity contribution in [3.05, 3.63) is 47.5 Å². The molecule has 1 amide bonds. The smallest absolute Gasteiger partial charge is 0.272 e. The fraction of sp³-hybridized carbons (Fsp3) is 0.526. The van der Waals surface area contributed by atoms with Gasteiger partial charge in [0.25, 0.3) is 5.91 Å².